The summed E-state index contributed by atoms with van der Waals surface area (Å²) in [5.74, 6) is -0.625. The van der Waals surface area contributed by atoms with Crippen molar-refractivity contribution in [1.29, 1.82) is 0 Å². The number of aldehydes is 2. The van der Waals surface area contributed by atoms with E-state index in [0.29, 0.717) is 6.29 Å². The molecule has 8 heavy (non-hydrogen) atoms. The average molecular weight is 113 g/mol. The maximum absolute atomic E-state index is 9.91. The monoisotopic (exact) mass is 113 g/mol. The Kier molecular flexibility index (Phi) is 3.08. The normalized spacial score (nSPS) is 16.8. The highest BCUT2D eigenvalue weighted by Gasteiger charge is 2.07. The maximum Gasteiger partial charge on any atom is 0.123 e. The van der Waals surface area contributed by atoms with E-state index in [4.69, 9.17) is 0 Å². The Morgan fingerprint density at radius 1 is 1.38 bits per heavy atom. The lowest BCUT2D eigenvalue weighted by Crippen LogP contribution is -2.09. The molecule has 0 aliphatic carbocycles. The molecule has 0 aromatic carbocycles. The quantitative estimate of drug-likeness (QED) is 0.498. The molecule has 1 radical (unpaired) electrons. The average Bonchev–Trinajstić information content (AvgIpc) is 1.84. The molecule has 0 aliphatic heterocycles. The van der Waals surface area contributed by atoms with Gasteiger partial charge < -0.3 is 9.59 Å². The third-order valence-corrected chi connectivity index (χ3v) is 1.06. The van der Waals surface area contributed by atoms with E-state index in [9.17, 15) is 9.59 Å². The van der Waals surface area contributed by atoms with Gasteiger partial charge in [-0.3, -0.25) is 0 Å². The SMILES string of the molecule is [CH2]C(C=O)C(C)C=O. The first-order valence-corrected chi connectivity index (χ1v) is 2.46. The van der Waals surface area contributed by atoms with E-state index in [1.54, 1.807) is 6.92 Å². The second kappa shape index (κ2) is 3.36. The van der Waals surface area contributed by atoms with Crippen LogP contribution in [0.3, 0.4) is 0 Å². The van der Waals surface area contributed by atoms with Crippen LogP contribution in [0.1, 0.15) is 6.92 Å². The van der Waals surface area contributed by atoms with Crippen molar-refractivity contribution >= 4 is 12.6 Å². The Labute approximate surface area is 48.9 Å². The van der Waals surface area contributed by atoms with Crippen molar-refractivity contribution < 1.29 is 9.59 Å². The first-order valence-electron chi connectivity index (χ1n) is 2.46. The van der Waals surface area contributed by atoms with Crippen LogP contribution in [0.25, 0.3) is 0 Å². The van der Waals surface area contributed by atoms with Crippen LogP contribution in [0.5, 0.6) is 0 Å². The van der Waals surface area contributed by atoms with Gasteiger partial charge in [-0.2, -0.15) is 0 Å². The van der Waals surface area contributed by atoms with E-state index in [1.165, 1.54) is 0 Å². The maximum atomic E-state index is 9.91. The van der Waals surface area contributed by atoms with Crippen molar-refractivity contribution in [3.8, 4) is 0 Å². The highest BCUT2D eigenvalue weighted by atomic mass is 16.1. The van der Waals surface area contributed by atoms with Gasteiger partial charge in [-0.1, -0.05) is 6.92 Å². The molecule has 0 aromatic rings. The van der Waals surface area contributed by atoms with Gasteiger partial charge in [0.25, 0.3) is 0 Å². The van der Waals surface area contributed by atoms with E-state index >= 15 is 0 Å². The van der Waals surface area contributed by atoms with Gasteiger partial charge in [0.15, 0.2) is 0 Å². The molecule has 0 N–H and O–H groups in total. The number of carbonyl (C=O) groups excluding carboxylic acids is 2. The fraction of sp³-hybridized carbons (Fsp3) is 0.500. The summed E-state index contributed by atoms with van der Waals surface area (Å²) in [6, 6.07) is 0. The Bertz CT molecular complexity index is 76.5. The molecule has 0 aromatic heterocycles. The van der Waals surface area contributed by atoms with Crippen LogP contribution in [0, 0.1) is 18.8 Å². The molecule has 0 amide bonds. The molecule has 2 unspecified atom stereocenters. The van der Waals surface area contributed by atoms with E-state index in [-0.39, 0.29) is 11.8 Å². The Balaban J connectivity index is 3.60. The lowest BCUT2D eigenvalue weighted by Gasteiger charge is -2.02. The molecule has 0 rings (SSSR count). The second-order valence-corrected chi connectivity index (χ2v) is 1.80. The predicted molar refractivity (Wildman–Crippen MR) is 30.1 cm³/mol. The van der Waals surface area contributed by atoms with Crippen LogP contribution in [0.4, 0.5) is 0 Å². The molecule has 0 bridgehead atoms. The number of hydrogen-bond acceptors (Lipinski definition) is 2. The van der Waals surface area contributed by atoms with E-state index in [0.717, 1.165) is 6.29 Å². The molecule has 2 nitrogen and oxygen atoms in total. The van der Waals surface area contributed by atoms with Crippen molar-refractivity contribution in [2.45, 2.75) is 6.92 Å². The molecule has 0 aliphatic rings. The van der Waals surface area contributed by atoms with Crippen LogP contribution in [-0.2, 0) is 9.59 Å². The highest BCUT2D eigenvalue weighted by molar-refractivity contribution is 5.64. The van der Waals surface area contributed by atoms with Crippen molar-refractivity contribution in [3.63, 3.8) is 0 Å². The topological polar surface area (TPSA) is 34.1 Å². The largest absolute Gasteiger partial charge is 0.303 e. The van der Waals surface area contributed by atoms with Crippen LogP contribution >= 0.6 is 0 Å². The Morgan fingerprint density at radius 2 is 1.88 bits per heavy atom. The van der Waals surface area contributed by atoms with Crippen LogP contribution in [-0.4, -0.2) is 12.6 Å². The van der Waals surface area contributed by atoms with Crippen LogP contribution in [0.15, 0.2) is 0 Å². The van der Waals surface area contributed by atoms with E-state index < -0.39 is 0 Å². The van der Waals surface area contributed by atoms with Gasteiger partial charge in [-0.25, -0.2) is 0 Å². The van der Waals surface area contributed by atoms with E-state index in [1.807, 2.05) is 0 Å². The summed E-state index contributed by atoms with van der Waals surface area (Å²) in [5, 5.41) is 0. The van der Waals surface area contributed by atoms with Gasteiger partial charge in [0.1, 0.15) is 12.6 Å². The summed E-state index contributed by atoms with van der Waals surface area (Å²) in [5.41, 5.74) is 0. The minimum atomic E-state index is -0.382. The molecule has 2 heteroatoms. The summed E-state index contributed by atoms with van der Waals surface area (Å²) in [6.07, 6.45) is 1.41. The van der Waals surface area contributed by atoms with Gasteiger partial charge in [0, 0.05) is 11.8 Å². The Morgan fingerprint density at radius 3 is 2.00 bits per heavy atom. The number of rotatable bonds is 3. The standard InChI is InChI=1S/C6H9O2/c1-5(3-7)6(2)4-8/h3-6H,1H2,2H3. The fourth-order valence-electron chi connectivity index (χ4n) is 0.225. The lowest BCUT2D eigenvalue weighted by molar-refractivity contribution is -0.117. The smallest absolute Gasteiger partial charge is 0.123 e. The number of carbonyl (C=O) groups is 2. The second-order valence-electron chi connectivity index (χ2n) is 1.80. The van der Waals surface area contributed by atoms with Crippen LogP contribution in [0.2, 0.25) is 0 Å². The molecule has 2 atom stereocenters. The molecular weight excluding hydrogens is 104 g/mol. The third kappa shape index (κ3) is 1.87. The molecule has 0 spiro atoms. The van der Waals surface area contributed by atoms with Crippen molar-refractivity contribution in [3.05, 3.63) is 6.92 Å². The molecular formula is C6H9O2. The van der Waals surface area contributed by atoms with Gasteiger partial charge >= 0.3 is 0 Å². The van der Waals surface area contributed by atoms with Gasteiger partial charge in [-0.05, 0) is 6.92 Å². The minimum absolute atomic E-state index is 0.243. The van der Waals surface area contributed by atoms with Crippen molar-refractivity contribution in [2.24, 2.45) is 11.8 Å². The molecule has 0 saturated carbocycles. The van der Waals surface area contributed by atoms with Crippen molar-refractivity contribution in [2.75, 3.05) is 0 Å². The van der Waals surface area contributed by atoms with Gasteiger partial charge in [0.05, 0.1) is 0 Å². The zero-order chi connectivity index (χ0) is 6.57. The van der Waals surface area contributed by atoms with Crippen LogP contribution < -0.4 is 0 Å². The zero-order valence-corrected chi connectivity index (χ0v) is 4.83. The summed E-state index contributed by atoms with van der Waals surface area (Å²) in [6.45, 7) is 5.09. The summed E-state index contributed by atoms with van der Waals surface area (Å²) in [4.78, 5) is 19.8. The molecule has 45 valence electrons. The lowest BCUT2D eigenvalue weighted by atomic mass is 10.00. The first kappa shape index (κ1) is 7.34. The first-order chi connectivity index (χ1) is 3.72. The minimum Gasteiger partial charge on any atom is -0.303 e. The molecule has 0 fully saturated rings. The van der Waals surface area contributed by atoms with Crippen molar-refractivity contribution in [1.82, 2.24) is 0 Å². The highest BCUT2D eigenvalue weighted by Crippen LogP contribution is 2.02. The zero-order valence-electron chi connectivity index (χ0n) is 4.83. The summed E-state index contributed by atoms with van der Waals surface area (Å²) in [7, 11) is 0. The van der Waals surface area contributed by atoms with Gasteiger partial charge in [-0.15, -0.1) is 0 Å². The predicted octanol–water partition coefficient (Wildman–Crippen LogP) is 0.471. The molecule has 0 saturated heterocycles. The summed E-state index contributed by atoms with van der Waals surface area (Å²) >= 11 is 0. The van der Waals surface area contributed by atoms with Gasteiger partial charge in [0.2, 0.25) is 0 Å². The van der Waals surface area contributed by atoms with E-state index in [2.05, 4.69) is 6.92 Å². The number of hydrogen-bond donors (Lipinski definition) is 0. The third-order valence-electron chi connectivity index (χ3n) is 1.06. The summed E-state index contributed by atoms with van der Waals surface area (Å²) < 4.78 is 0. The fourth-order valence-corrected chi connectivity index (χ4v) is 0.225. The Hall–Kier alpha value is -0.660. The molecule has 0 heterocycles.